The molecular weight excluding hydrogens is 362 g/mol. The molecule has 0 atom stereocenters. The van der Waals surface area contributed by atoms with Crippen LogP contribution in [-0.2, 0) is 20.1 Å². The van der Waals surface area contributed by atoms with Gasteiger partial charge in [-0.3, -0.25) is 4.79 Å². The summed E-state index contributed by atoms with van der Waals surface area (Å²) in [6.07, 6.45) is 0. The van der Waals surface area contributed by atoms with E-state index in [1.807, 2.05) is 24.3 Å². The maximum absolute atomic E-state index is 11.8. The molecular formula is C18H18ClNO4S. The number of esters is 1. The molecule has 0 fully saturated rings. The lowest BCUT2D eigenvalue weighted by Crippen LogP contribution is -2.25. The largest absolute Gasteiger partial charge is 0.497 e. The Balaban J connectivity index is 2.09. The molecule has 0 radical (unpaired) electrons. The Morgan fingerprint density at radius 3 is 2.52 bits per heavy atom. The molecule has 2 aromatic rings. The molecule has 0 aliphatic carbocycles. The van der Waals surface area contributed by atoms with Crippen molar-refractivity contribution in [3.8, 4) is 5.75 Å². The van der Waals surface area contributed by atoms with E-state index in [0.717, 1.165) is 16.2 Å². The molecule has 0 saturated carbocycles. The van der Waals surface area contributed by atoms with Crippen LogP contribution in [0.3, 0.4) is 0 Å². The smallest absolute Gasteiger partial charge is 0.397 e. The number of carbonyl (C=O) groups excluding carboxylic acids is 2. The van der Waals surface area contributed by atoms with Crippen LogP contribution in [0.4, 0.5) is 5.69 Å². The SMILES string of the molecule is CCOC(=O)C(=O)Nc1ccc(Cl)cc1SCc1ccc(OC)cc1. The lowest BCUT2D eigenvalue weighted by molar-refractivity contribution is -0.152. The molecule has 0 saturated heterocycles. The number of methoxy groups -OCH3 is 1. The number of amides is 1. The molecule has 0 aromatic heterocycles. The van der Waals surface area contributed by atoms with Crippen molar-refractivity contribution in [1.82, 2.24) is 0 Å². The van der Waals surface area contributed by atoms with E-state index in [4.69, 9.17) is 21.1 Å². The van der Waals surface area contributed by atoms with Gasteiger partial charge in [0.05, 0.1) is 19.4 Å². The number of nitrogens with one attached hydrogen (secondary N) is 1. The number of anilines is 1. The van der Waals surface area contributed by atoms with Crippen LogP contribution in [0.1, 0.15) is 12.5 Å². The molecule has 1 amide bonds. The molecule has 2 rings (SSSR count). The van der Waals surface area contributed by atoms with Crippen molar-refractivity contribution in [3.63, 3.8) is 0 Å². The fourth-order valence-electron chi connectivity index (χ4n) is 1.97. The van der Waals surface area contributed by atoms with Crippen LogP contribution in [0, 0.1) is 0 Å². The van der Waals surface area contributed by atoms with Crippen molar-refractivity contribution in [3.05, 3.63) is 53.1 Å². The molecule has 0 unspecified atom stereocenters. The number of ether oxygens (including phenoxy) is 2. The monoisotopic (exact) mass is 379 g/mol. The predicted molar refractivity (Wildman–Crippen MR) is 99.3 cm³/mol. The molecule has 25 heavy (non-hydrogen) atoms. The van der Waals surface area contributed by atoms with Crippen LogP contribution < -0.4 is 10.1 Å². The zero-order valence-electron chi connectivity index (χ0n) is 13.9. The number of benzene rings is 2. The Morgan fingerprint density at radius 1 is 1.16 bits per heavy atom. The zero-order valence-corrected chi connectivity index (χ0v) is 15.4. The highest BCUT2D eigenvalue weighted by Crippen LogP contribution is 2.32. The summed E-state index contributed by atoms with van der Waals surface area (Å²) in [6.45, 7) is 1.79. The Kier molecular flexibility index (Phi) is 7.16. The summed E-state index contributed by atoms with van der Waals surface area (Å²) in [7, 11) is 1.62. The van der Waals surface area contributed by atoms with Crippen LogP contribution in [0.5, 0.6) is 5.75 Å². The van der Waals surface area contributed by atoms with Gasteiger partial charge in [0.15, 0.2) is 0 Å². The first-order valence-electron chi connectivity index (χ1n) is 7.57. The van der Waals surface area contributed by atoms with Crippen LogP contribution in [-0.4, -0.2) is 25.6 Å². The fraction of sp³-hybridized carbons (Fsp3) is 0.222. The molecule has 132 valence electrons. The van der Waals surface area contributed by atoms with Gasteiger partial charge in [-0.25, -0.2) is 4.79 Å². The number of hydrogen-bond acceptors (Lipinski definition) is 5. The quantitative estimate of drug-likeness (QED) is 0.464. The lowest BCUT2D eigenvalue weighted by atomic mass is 10.2. The zero-order chi connectivity index (χ0) is 18.2. The maximum atomic E-state index is 11.8. The minimum atomic E-state index is -0.913. The van der Waals surface area contributed by atoms with Crippen molar-refractivity contribution in [1.29, 1.82) is 0 Å². The number of halogens is 1. The van der Waals surface area contributed by atoms with Gasteiger partial charge in [0.1, 0.15) is 5.75 Å². The van der Waals surface area contributed by atoms with E-state index in [0.29, 0.717) is 16.5 Å². The van der Waals surface area contributed by atoms with Gasteiger partial charge in [-0.05, 0) is 42.8 Å². The summed E-state index contributed by atoms with van der Waals surface area (Å²) < 4.78 is 9.83. The molecule has 0 aliphatic heterocycles. The van der Waals surface area contributed by atoms with Crippen LogP contribution in [0.2, 0.25) is 5.02 Å². The van der Waals surface area contributed by atoms with E-state index in [9.17, 15) is 9.59 Å². The summed E-state index contributed by atoms with van der Waals surface area (Å²) in [5, 5.41) is 3.11. The lowest BCUT2D eigenvalue weighted by Gasteiger charge is -2.11. The highest BCUT2D eigenvalue weighted by atomic mass is 35.5. The van der Waals surface area contributed by atoms with E-state index in [2.05, 4.69) is 5.32 Å². The van der Waals surface area contributed by atoms with E-state index in [1.54, 1.807) is 32.2 Å². The first-order valence-corrected chi connectivity index (χ1v) is 8.93. The summed E-state index contributed by atoms with van der Waals surface area (Å²) in [5.74, 6) is -0.259. The second kappa shape index (κ2) is 9.34. The van der Waals surface area contributed by atoms with Gasteiger partial charge in [0.25, 0.3) is 0 Å². The molecule has 1 N–H and O–H groups in total. The number of hydrogen-bond donors (Lipinski definition) is 1. The Hall–Kier alpha value is -2.18. The van der Waals surface area contributed by atoms with Gasteiger partial charge in [-0.2, -0.15) is 0 Å². The number of carbonyl (C=O) groups is 2. The van der Waals surface area contributed by atoms with Gasteiger partial charge in [0, 0.05) is 15.7 Å². The molecule has 0 spiro atoms. The second-order valence-corrected chi connectivity index (χ2v) is 6.41. The Labute approximate surface area is 155 Å². The third kappa shape index (κ3) is 5.69. The normalized spacial score (nSPS) is 10.2. The van der Waals surface area contributed by atoms with Crippen LogP contribution in [0.15, 0.2) is 47.4 Å². The average Bonchev–Trinajstić information content (AvgIpc) is 2.62. The van der Waals surface area contributed by atoms with Crippen molar-refractivity contribution in [2.75, 3.05) is 19.0 Å². The van der Waals surface area contributed by atoms with E-state index >= 15 is 0 Å². The van der Waals surface area contributed by atoms with Crippen LogP contribution in [0.25, 0.3) is 0 Å². The van der Waals surface area contributed by atoms with E-state index < -0.39 is 11.9 Å². The fourth-order valence-corrected chi connectivity index (χ4v) is 3.21. The van der Waals surface area contributed by atoms with E-state index in [-0.39, 0.29) is 6.61 Å². The van der Waals surface area contributed by atoms with Crippen molar-refractivity contribution < 1.29 is 19.1 Å². The number of rotatable bonds is 6. The predicted octanol–water partition coefficient (Wildman–Crippen LogP) is 4.14. The van der Waals surface area contributed by atoms with Crippen molar-refractivity contribution in [2.24, 2.45) is 0 Å². The van der Waals surface area contributed by atoms with Gasteiger partial charge in [-0.15, -0.1) is 11.8 Å². The standard InChI is InChI=1S/C18H18ClNO4S/c1-3-24-18(22)17(21)20-15-9-6-13(19)10-16(15)25-11-12-4-7-14(23-2)8-5-12/h4-10H,3,11H2,1-2H3,(H,20,21). The Morgan fingerprint density at radius 2 is 1.88 bits per heavy atom. The van der Waals surface area contributed by atoms with Crippen molar-refractivity contribution >= 4 is 40.9 Å². The van der Waals surface area contributed by atoms with E-state index in [1.165, 1.54) is 11.8 Å². The summed E-state index contributed by atoms with van der Waals surface area (Å²) >= 11 is 7.56. The molecule has 7 heteroatoms. The molecule has 5 nitrogen and oxygen atoms in total. The summed E-state index contributed by atoms with van der Waals surface area (Å²) in [5.41, 5.74) is 1.61. The third-order valence-electron chi connectivity index (χ3n) is 3.21. The van der Waals surface area contributed by atoms with Gasteiger partial charge in [0.2, 0.25) is 0 Å². The number of thioether (sulfide) groups is 1. The van der Waals surface area contributed by atoms with Gasteiger partial charge < -0.3 is 14.8 Å². The summed E-state index contributed by atoms with van der Waals surface area (Å²) in [6, 6.07) is 12.8. The average molecular weight is 380 g/mol. The van der Waals surface area contributed by atoms with Crippen LogP contribution >= 0.6 is 23.4 Å². The molecule has 0 heterocycles. The van der Waals surface area contributed by atoms with Gasteiger partial charge >= 0.3 is 11.9 Å². The molecule has 0 aliphatic rings. The highest BCUT2D eigenvalue weighted by molar-refractivity contribution is 7.98. The first kappa shape index (κ1) is 19.1. The Bertz CT molecular complexity index is 749. The maximum Gasteiger partial charge on any atom is 0.397 e. The van der Waals surface area contributed by atoms with Gasteiger partial charge in [-0.1, -0.05) is 23.7 Å². The third-order valence-corrected chi connectivity index (χ3v) is 4.57. The highest BCUT2D eigenvalue weighted by Gasteiger charge is 2.17. The first-order chi connectivity index (χ1) is 12.0. The molecule has 2 aromatic carbocycles. The van der Waals surface area contributed by atoms with Crippen molar-refractivity contribution in [2.45, 2.75) is 17.6 Å². The summed E-state index contributed by atoms with van der Waals surface area (Å²) in [4.78, 5) is 24.1. The second-order valence-electron chi connectivity index (χ2n) is 4.95. The molecule has 0 bridgehead atoms. The minimum absolute atomic E-state index is 0.145. The topological polar surface area (TPSA) is 64.6 Å². The minimum Gasteiger partial charge on any atom is -0.497 e.